The highest BCUT2D eigenvalue weighted by Crippen LogP contribution is 2.45. The minimum absolute atomic E-state index is 0.519. The van der Waals surface area contributed by atoms with Gasteiger partial charge in [-0.05, 0) is 5.56 Å². The van der Waals surface area contributed by atoms with Gasteiger partial charge in [0.05, 0.1) is 0 Å². The van der Waals surface area contributed by atoms with Crippen molar-refractivity contribution in [2.45, 2.75) is 6.16 Å². The molecular formula is C9H10ClP. The number of hydrogen-bond donors (Lipinski definition) is 0. The summed E-state index contributed by atoms with van der Waals surface area (Å²) < 4.78 is 0. The average Bonchev–Trinajstić information content (AvgIpc) is 2.06. The Labute approximate surface area is 73.4 Å². The Morgan fingerprint density at radius 3 is 2.55 bits per heavy atom. The molecule has 0 saturated carbocycles. The molecule has 0 fully saturated rings. The lowest BCUT2D eigenvalue weighted by molar-refractivity contribution is 1.41. The van der Waals surface area contributed by atoms with Gasteiger partial charge in [-0.25, -0.2) is 0 Å². The van der Waals surface area contributed by atoms with E-state index >= 15 is 0 Å². The maximum absolute atomic E-state index is 5.95. The fourth-order valence-corrected chi connectivity index (χ4v) is 1.93. The maximum Gasteiger partial charge on any atom is 0.0177 e. The van der Waals surface area contributed by atoms with Crippen molar-refractivity contribution in [3.05, 3.63) is 48.3 Å². The van der Waals surface area contributed by atoms with Crippen molar-refractivity contribution in [2.75, 3.05) is 0 Å². The van der Waals surface area contributed by atoms with Gasteiger partial charge in [0.25, 0.3) is 0 Å². The number of halogens is 1. The molecule has 1 unspecified atom stereocenters. The quantitative estimate of drug-likeness (QED) is 0.624. The van der Waals surface area contributed by atoms with E-state index in [1.807, 2.05) is 24.0 Å². The molecular weight excluding hydrogens is 175 g/mol. The van der Waals surface area contributed by atoms with Crippen LogP contribution in [0, 0.1) is 0 Å². The van der Waals surface area contributed by atoms with Crippen LogP contribution in [0.3, 0.4) is 0 Å². The van der Waals surface area contributed by atoms with E-state index in [1.165, 1.54) is 5.56 Å². The van der Waals surface area contributed by atoms with Gasteiger partial charge in [0.2, 0.25) is 0 Å². The lowest BCUT2D eigenvalue weighted by atomic mass is 10.2. The van der Waals surface area contributed by atoms with E-state index in [2.05, 4.69) is 18.7 Å². The van der Waals surface area contributed by atoms with Crippen LogP contribution in [0.25, 0.3) is 0 Å². The summed E-state index contributed by atoms with van der Waals surface area (Å²) in [5.74, 6) is 1.82. The van der Waals surface area contributed by atoms with Crippen LogP contribution >= 0.6 is 18.5 Å². The van der Waals surface area contributed by atoms with E-state index in [0.717, 1.165) is 6.16 Å². The van der Waals surface area contributed by atoms with Crippen molar-refractivity contribution < 1.29 is 0 Å². The smallest absolute Gasteiger partial charge is 0.0177 e. The molecule has 0 N–H and O–H groups in total. The minimum Gasteiger partial charge on any atom is -0.0974 e. The molecule has 11 heavy (non-hydrogen) atoms. The highest BCUT2D eigenvalue weighted by atomic mass is 35.7. The first-order valence-corrected chi connectivity index (χ1v) is 5.92. The van der Waals surface area contributed by atoms with Gasteiger partial charge in [-0.3, -0.25) is 0 Å². The van der Waals surface area contributed by atoms with Crippen LogP contribution < -0.4 is 0 Å². The Morgan fingerprint density at radius 1 is 1.36 bits per heavy atom. The second kappa shape index (κ2) is 4.54. The first-order valence-electron chi connectivity index (χ1n) is 3.42. The average molecular weight is 185 g/mol. The summed E-state index contributed by atoms with van der Waals surface area (Å²) in [4.78, 5) is 0. The van der Waals surface area contributed by atoms with E-state index in [1.54, 1.807) is 0 Å². The van der Waals surface area contributed by atoms with Gasteiger partial charge in [-0.2, -0.15) is 0 Å². The van der Waals surface area contributed by atoms with Crippen LogP contribution in [0.15, 0.2) is 42.7 Å². The predicted molar refractivity (Wildman–Crippen MR) is 53.1 cm³/mol. The lowest BCUT2D eigenvalue weighted by Crippen LogP contribution is -1.76. The van der Waals surface area contributed by atoms with E-state index in [4.69, 9.17) is 11.2 Å². The first-order chi connectivity index (χ1) is 5.33. The predicted octanol–water partition coefficient (Wildman–Crippen LogP) is 3.97. The molecule has 2 heteroatoms. The van der Waals surface area contributed by atoms with Crippen LogP contribution in [-0.2, 0) is 6.16 Å². The summed E-state index contributed by atoms with van der Waals surface area (Å²) in [7, 11) is -0.519. The highest BCUT2D eigenvalue weighted by Gasteiger charge is 1.98. The molecule has 0 bridgehead atoms. The third-order valence-electron chi connectivity index (χ3n) is 1.37. The molecule has 0 aliphatic rings. The van der Waals surface area contributed by atoms with Gasteiger partial charge >= 0.3 is 0 Å². The Balaban J connectivity index is 2.57. The first kappa shape index (κ1) is 8.77. The fraction of sp³-hybridized carbons (Fsp3) is 0.111. The molecule has 0 aliphatic carbocycles. The summed E-state index contributed by atoms with van der Waals surface area (Å²) >= 11 is 5.95. The van der Waals surface area contributed by atoms with Crippen molar-refractivity contribution in [3.8, 4) is 0 Å². The molecule has 0 radical (unpaired) electrons. The maximum atomic E-state index is 5.95. The summed E-state index contributed by atoms with van der Waals surface area (Å²) in [6.07, 6.45) is 0.932. The van der Waals surface area contributed by atoms with E-state index in [0.29, 0.717) is 0 Å². The molecule has 0 aromatic heterocycles. The fourth-order valence-electron chi connectivity index (χ4n) is 0.822. The second-order valence-corrected chi connectivity index (χ2v) is 5.01. The molecule has 58 valence electrons. The van der Waals surface area contributed by atoms with Crippen molar-refractivity contribution in [1.82, 2.24) is 0 Å². The van der Waals surface area contributed by atoms with Crippen molar-refractivity contribution >= 4 is 18.5 Å². The summed E-state index contributed by atoms with van der Waals surface area (Å²) in [5, 5.41) is 0. The van der Waals surface area contributed by atoms with Gasteiger partial charge in [0, 0.05) is 13.4 Å². The molecule has 0 heterocycles. The van der Waals surface area contributed by atoms with Crippen LogP contribution in [0.4, 0.5) is 0 Å². The Morgan fingerprint density at radius 2 is 2.00 bits per heavy atom. The van der Waals surface area contributed by atoms with Gasteiger partial charge in [0.15, 0.2) is 0 Å². The van der Waals surface area contributed by atoms with Crippen LogP contribution in [0.1, 0.15) is 5.56 Å². The molecule has 1 aromatic rings. The van der Waals surface area contributed by atoms with Crippen molar-refractivity contribution in [1.29, 1.82) is 0 Å². The monoisotopic (exact) mass is 184 g/mol. The summed E-state index contributed by atoms with van der Waals surface area (Å²) in [5.41, 5.74) is 1.29. The molecule has 0 aliphatic heterocycles. The molecule has 0 saturated heterocycles. The van der Waals surface area contributed by atoms with Crippen LogP contribution in [-0.4, -0.2) is 0 Å². The molecule has 0 amide bonds. The van der Waals surface area contributed by atoms with Gasteiger partial charge in [0.1, 0.15) is 0 Å². The highest BCUT2D eigenvalue weighted by molar-refractivity contribution is 7.85. The van der Waals surface area contributed by atoms with Crippen LogP contribution in [0.5, 0.6) is 0 Å². The van der Waals surface area contributed by atoms with E-state index in [-0.39, 0.29) is 0 Å². The molecule has 1 aromatic carbocycles. The zero-order chi connectivity index (χ0) is 8.10. The number of hydrogen-bond acceptors (Lipinski definition) is 0. The van der Waals surface area contributed by atoms with E-state index in [9.17, 15) is 0 Å². The SMILES string of the molecule is C=CP(Cl)Cc1ccccc1. The Hall–Kier alpha value is -0.320. The zero-order valence-electron chi connectivity index (χ0n) is 6.20. The number of benzene rings is 1. The molecule has 1 rings (SSSR count). The van der Waals surface area contributed by atoms with Gasteiger partial charge < -0.3 is 0 Å². The Kier molecular flexibility index (Phi) is 3.62. The van der Waals surface area contributed by atoms with E-state index < -0.39 is 7.27 Å². The Bertz CT molecular complexity index is 220. The normalized spacial score (nSPS) is 12.5. The third kappa shape index (κ3) is 3.05. The largest absolute Gasteiger partial charge is 0.0974 e. The molecule has 1 atom stereocenters. The van der Waals surface area contributed by atoms with Gasteiger partial charge in [-0.1, -0.05) is 54.0 Å². The minimum atomic E-state index is -0.519. The third-order valence-corrected chi connectivity index (χ3v) is 3.21. The summed E-state index contributed by atoms with van der Waals surface area (Å²) in [6, 6.07) is 10.2. The lowest BCUT2D eigenvalue weighted by Gasteiger charge is -2.02. The second-order valence-electron chi connectivity index (χ2n) is 2.23. The molecule has 0 nitrogen and oxygen atoms in total. The van der Waals surface area contributed by atoms with Crippen molar-refractivity contribution in [2.24, 2.45) is 0 Å². The van der Waals surface area contributed by atoms with Gasteiger partial charge in [-0.15, -0.1) is 0 Å². The topological polar surface area (TPSA) is 0 Å². The summed E-state index contributed by atoms with van der Waals surface area (Å²) in [6.45, 7) is 3.65. The zero-order valence-corrected chi connectivity index (χ0v) is 7.85. The molecule has 0 spiro atoms. The van der Waals surface area contributed by atoms with Crippen LogP contribution in [0.2, 0.25) is 0 Å². The number of rotatable bonds is 3. The van der Waals surface area contributed by atoms with Crippen molar-refractivity contribution in [3.63, 3.8) is 0 Å². The standard InChI is InChI=1S/C9H10ClP/c1-2-11(10)8-9-6-4-3-5-7-9/h2-7H,1,8H2.